The highest BCUT2D eigenvalue weighted by Gasteiger charge is 2.24. The second-order valence-corrected chi connectivity index (χ2v) is 7.48. The van der Waals surface area contributed by atoms with Gasteiger partial charge in [0.1, 0.15) is 4.21 Å². The van der Waals surface area contributed by atoms with E-state index in [1.807, 2.05) is 6.92 Å². The van der Waals surface area contributed by atoms with Crippen molar-refractivity contribution in [1.29, 1.82) is 0 Å². The third kappa shape index (κ3) is 4.27. The molecular weight excluding hydrogens is 286 g/mol. The van der Waals surface area contributed by atoms with Crippen LogP contribution in [0.5, 0.6) is 0 Å². The van der Waals surface area contributed by atoms with Gasteiger partial charge in [-0.15, -0.1) is 11.3 Å². The van der Waals surface area contributed by atoms with Crippen molar-refractivity contribution in [3.63, 3.8) is 0 Å². The number of carbonyl (C=O) groups is 1. The van der Waals surface area contributed by atoms with Crippen LogP contribution in [0.15, 0.2) is 16.3 Å². The fourth-order valence-corrected chi connectivity index (χ4v) is 3.94. The molecule has 0 fully saturated rings. The Bertz CT molecular complexity index is 525. The van der Waals surface area contributed by atoms with Gasteiger partial charge in [0.2, 0.25) is 5.91 Å². The molecular formula is C11H19N3O3S2. The largest absolute Gasteiger partial charge is 0.355 e. The fraction of sp³-hybridized carbons (Fsp3) is 0.545. The SMILES string of the molecule is CCCNC(=O)CN(C)S(=O)(=O)c1ccc(CN)s1. The standard InChI is InChI=1S/C11H19N3O3S2/c1-3-6-13-10(15)8-14(2)19(16,17)11-5-4-9(7-12)18-11/h4-5H,3,6-8,12H2,1-2H3,(H,13,15). The van der Waals surface area contributed by atoms with Crippen LogP contribution in [-0.2, 0) is 21.4 Å². The maximum atomic E-state index is 12.2. The van der Waals surface area contributed by atoms with Crippen molar-refractivity contribution in [3.8, 4) is 0 Å². The maximum Gasteiger partial charge on any atom is 0.252 e. The van der Waals surface area contributed by atoms with Crippen LogP contribution in [0.4, 0.5) is 0 Å². The molecule has 1 rings (SSSR count). The number of likely N-dealkylation sites (N-methyl/N-ethyl adjacent to an activating group) is 1. The Hall–Kier alpha value is -0.960. The van der Waals surface area contributed by atoms with E-state index >= 15 is 0 Å². The van der Waals surface area contributed by atoms with Gasteiger partial charge in [0.25, 0.3) is 10.0 Å². The van der Waals surface area contributed by atoms with Gasteiger partial charge in [-0.2, -0.15) is 4.31 Å². The first-order chi connectivity index (χ1) is 8.91. The van der Waals surface area contributed by atoms with Crippen LogP contribution in [0.3, 0.4) is 0 Å². The lowest BCUT2D eigenvalue weighted by Gasteiger charge is -2.15. The Balaban J connectivity index is 2.74. The molecule has 1 aromatic rings. The lowest BCUT2D eigenvalue weighted by Crippen LogP contribution is -2.38. The predicted octanol–water partition coefficient (Wildman–Crippen LogP) is 0.354. The molecule has 1 heterocycles. The van der Waals surface area contributed by atoms with E-state index in [2.05, 4.69) is 5.32 Å². The second-order valence-electron chi connectivity index (χ2n) is 4.04. The molecule has 0 spiro atoms. The van der Waals surface area contributed by atoms with Crippen molar-refractivity contribution < 1.29 is 13.2 Å². The van der Waals surface area contributed by atoms with Crippen molar-refractivity contribution in [2.24, 2.45) is 5.73 Å². The monoisotopic (exact) mass is 305 g/mol. The number of carbonyl (C=O) groups excluding carboxylic acids is 1. The summed E-state index contributed by atoms with van der Waals surface area (Å²) in [5, 5.41) is 2.64. The highest BCUT2D eigenvalue weighted by atomic mass is 32.2. The summed E-state index contributed by atoms with van der Waals surface area (Å²) in [4.78, 5) is 12.3. The average Bonchev–Trinajstić information content (AvgIpc) is 2.85. The number of nitrogens with zero attached hydrogens (tertiary/aromatic N) is 1. The van der Waals surface area contributed by atoms with Gasteiger partial charge in [-0.3, -0.25) is 4.79 Å². The molecule has 0 aliphatic rings. The van der Waals surface area contributed by atoms with Gasteiger partial charge >= 0.3 is 0 Å². The van der Waals surface area contributed by atoms with E-state index < -0.39 is 10.0 Å². The zero-order valence-electron chi connectivity index (χ0n) is 11.0. The predicted molar refractivity (Wildman–Crippen MR) is 75.3 cm³/mol. The molecule has 19 heavy (non-hydrogen) atoms. The van der Waals surface area contributed by atoms with Crippen molar-refractivity contribution in [1.82, 2.24) is 9.62 Å². The van der Waals surface area contributed by atoms with E-state index in [1.165, 1.54) is 13.1 Å². The average molecular weight is 305 g/mol. The summed E-state index contributed by atoms with van der Waals surface area (Å²) in [6, 6.07) is 3.20. The molecule has 8 heteroatoms. The summed E-state index contributed by atoms with van der Waals surface area (Å²) in [6.45, 7) is 2.60. The molecule has 3 N–H and O–H groups in total. The van der Waals surface area contributed by atoms with Gasteiger partial charge in [-0.05, 0) is 18.6 Å². The molecule has 0 atom stereocenters. The first kappa shape index (κ1) is 16.1. The Morgan fingerprint density at radius 3 is 2.68 bits per heavy atom. The van der Waals surface area contributed by atoms with Gasteiger partial charge in [-0.25, -0.2) is 8.42 Å². The molecule has 0 radical (unpaired) electrons. The van der Waals surface area contributed by atoms with E-state index in [-0.39, 0.29) is 16.7 Å². The second kappa shape index (κ2) is 6.99. The van der Waals surface area contributed by atoms with Crippen LogP contribution >= 0.6 is 11.3 Å². The van der Waals surface area contributed by atoms with Gasteiger partial charge in [-0.1, -0.05) is 6.92 Å². The topological polar surface area (TPSA) is 92.5 Å². The number of amides is 1. The molecule has 1 amide bonds. The Morgan fingerprint density at radius 1 is 1.47 bits per heavy atom. The molecule has 0 aromatic carbocycles. The smallest absolute Gasteiger partial charge is 0.252 e. The number of hydrogen-bond donors (Lipinski definition) is 2. The van der Waals surface area contributed by atoms with Crippen LogP contribution in [0.1, 0.15) is 18.2 Å². The van der Waals surface area contributed by atoms with Crippen molar-refractivity contribution in [3.05, 3.63) is 17.0 Å². The summed E-state index contributed by atoms with van der Waals surface area (Å²) < 4.78 is 25.6. The minimum absolute atomic E-state index is 0.182. The molecule has 0 saturated heterocycles. The van der Waals surface area contributed by atoms with Crippen LogP contribution in [0.25, 0.3) is 0 Å². The number of sulfonamides is 1. The molecule has 0 aliphatic heterocycles. The van der Waals surface area contributed by atoms with Gasteiger partial charge < -0.3 is 11.1 Å². The van der Waals surface area contributed by atoms with Crippen molar-refractivity contribution in [2.45, 2.75) is 24.1 Å². The van der Waals surface area contributed by atoms with Gasteiger partial charge in [0, 0.05) is 25.0 Å². The zero-order valence-corrected chi connectivity index (χ0v) is 12.7. The zero-order chi connectivity index (χ0) is 14.5. The Kier molecular flexibility index (Phi) is 5.92. The van der Waals surface area contributed by atoms with Gasteiger partial charge in [0.15, 0.2) is 0 Å². The quantitative estimate of drug-likeness (QED) is 0.760. The molecule has 108 valence electrons. The first-order valence-corrected chi connectivity index (χ1v) is 8.19. The van der Waals surface area contributed by atoms with Crippen LogP contribution < -0.4 is 11.1 Å². The van der Waals surface area contributed by atoms with E-state index in [0.29, 0.717) is 13.1 Å². The Morgan fingerprint density at radius 2 is 2.16 bits per heavy atom. The lowest BCUT2D eigenvalue weighted by molar-refractivity contribution is -0.121. The van der Waals surface area contributed by atoms with E-state index in [9.17, 15) is 13.2 Å². The number of nitrogens with two attached hydrogens (primary N) is 1. The lowest BCUT2D eigenvalue weighted by atomic mass is 10.4. The minimum atomic E-state index is -3.61. The van der Waals surface area contributed by atoms with Crippen molar-refractivity contribution >= 4 is 27.3 Å². The fourth-order valence-electron chi connectivity index (χ4n) is 1.37. The summed E-state index contributed by atoms with van der Waals surface area (Å²) in [5.41, 5.74) is 5.46. The highest BCUT2D eigenvalue weighted by Crippen LogP contribution is 2.23. The normalized spacial score (nSPS) is 11.8. The number of rotatable bonds is 7. The van der Waals surface area contributed by atoms with Crippen molar-refractivity contribution in [2.75, 3.05) is 20.1 Å². The molecule has 1 aromatic heterocycles. The van der Waals surface area contributed by atoms with Gasteiger partial charge in [0.05, 0.1) is 6.54 Å². The number of thiophene rings is 1. The summed E-state index contributed by atoms with van der Waals surface area (Å²) in [5.74, 6) is -0.302. The molecule has 6 nitrogen and oxygen atoms in total. The molecule has 0 bridgehead atoms. The van der Waals surface area contributed by atoms with E-state index in [1.54, 1.807) is 6.07 Å². The summed E-state index contributed by atoms with van der Waals surface area (Å²) in [6.07, 6.45) is 0.812. The third-order valence-electron chi connectivity index (χ3n) is 2.44. The highest BCUT2D eigenvalue weighted by molar-refractivity contribution is 7.91. The van der Waals surface area contributed by atoms with Crippen LogP contribution in [0, 0.1) is 0 Å². The number of hydrogen-bond acceptors (Lipinski definition) is 5. The summed E-state index contributed by atoms with van der Waals surface area (Å²) in [7, 11) is -2.22. The molecule has 0 saturated carbocycles. The third-order valence-corrected chi connectivity index (χ3v) is 5.82. The van der Waals surface area contributed by atoms with Crippen LogP contribution in [-0.4, -0.2) is 38.8 Å². The van der Waals surface area contributed by atoms with Crippen LogP contribution in [0.2, 0.25) is 0 Å². The molecule has 0 aliphatic carbocycles. The maximum absolute atomic E-state index is 12.2. The minimum Gasteiger partial charge on any atom is -0.355 e. The van der Waals surface area contributed by atoms with E-state index in [0.717, 1.165) is 26.9 Å². The first-order valence-electron chi connectivity index (χ1n) is 5.93. The Labute approximate surface area is 117 Å². The van der Waals surface area contributed by atoms with E-state index in [4.69, 9.17) is 5.73 Å². The summed E-state index contributed by atoms with van der Waals surface area (Å²) >= 11 is 1.13. The number of nitrogens with one attached hydrogen (secondary N) is 1. The molecule has 0 unspecified atom stereocenters.